The van der Waals surface area contributed by atoms with Crippen LogP contribution in [0.2, 0.25) is 0 Å². The van der Waals surface area contributed by atoms with Crippen LogP contribution in [-0.2, 0) is 19.6 Å². The molecule has 1 aliphatic rings. The molecule has 3 N–H and O–H groups in total. The number of primary amides is 1. The first-order valence-corrected chi connectivity index (χ1v) is 7.90. The number of carbonyl (C=O) groups excluding carboxylic acids is 1. The number of amides is 1. The molecule has 1 saturated heterocycles. The number of piperidine rings is 1. The maximum absolute atomic E-state index is 11.9. The summed E-state index contributed by atoms with van der Waals surface area (Å²) in [6.07, 6.45) is 1.53. The number of aliphatic carboxylic acids is 1. The second-order valence-electron chi connectivity index (χ2n) is 4.83. The molecule has 19 heavy (non-hydrogen) atoms. The highest BCUT2D eigenvalue weighted by Gasteiger charge is 2.28. The summed E-state index contributed by atoms with van der Waals surface area (Å²) in [4.78, 5) is 21.1. The first kappa shape index (κ1) is 15.9. The Balaban J connectivity index is 2.40. The van der Waals surface area contributed by atoms with Gasteiger partial charge in [0, 0.05) is 25.9 Å². The number of sulfonamides is 1. The predicted molar refractivity (Wildman–Crippen MR) is 68.8 cm³/mol. The van der Waals surface area contributed by atoms with E-state index in [-0.39, 0.29) is 30.4 Å². The molecule has 1 aliphatic heterocycles. The van der Waals surface area contributed by atoms with E-state index in [1.54, 1.807) is 0 Å². The van der Waals surface area contributed by atoms with Crippen LogP contribution in [0.4, 0.5) is 0 Å². The van der Waals surface area contributed by atoms with Crippen molar-refractivity contribution in [1.29, 1.82) is 0 Å². The summed E-state index contributed by atoms with van der Waals surface area (Å²) in [5.74, 6) is -1.33. The van der Waals surface area contributed by atoms with Crippen molar-refractivity contribution in [3.05, 3.63) is 0 Å². The molecule has 0 spiro atoms. The van der Waals surface area contributed by atoms with E-state index in [1.807, 2.05) is 0 Å². The summed E-state index contributed by atoms with van der Waals surface area (Å²) in [5.41, 5.74) is 5.11. The van der Waals surface area contributed by atoms with Crippen LogP contribution in [0, 0.1) is 5.92 Å². The van der Waals surface area contributed by atoms with E-state index < -0.39 is 16.0 Å². The fourth-order valence-corrected chi connectivity index (χ4v) is 3.75. The second kappa shape index (κ2) is 6.85. The van der Waals surface area contributed by atoms with E-state index in [2.05, 4.69) is 0 Å². The van der Waals surface area contributed by atoms with E-state index in [9.17, 15) is 18.0 Å². The highest BCUT2D eigenvalue weighted by atomic mass is 32.2. The summed E-state index contributed by atoms with van der Waals surface area (Å²) in [6, 6.07) is 0. The highest BCUT2D eigenvalue weighted by Crippen LogP contribution is 2.22. The first-order chi connectivity index (χ1) is 8.81. The molecule has 0 unspecified atom stereocenters. The molecule has 0 aliphatic carbocycles. The molecular weight excluding hydrogens is 272 g/mol. The molecule has 0 aromatic carbocycles. The highest BCUT2D eigenvalue weighted by molar-refractivity contribution is 7.89. The van der Waals surface area contributed by atoms with Gasteiger partial charge in [-0.25, -0.2) is 12.7 Å². The number of nitrogens with zero attached hydrogens (tertiary/aromatic N) is 1. The van der Waals surface area contributed by atoms with Crippen LogP contribution in [0.5, 0.6) is 0 Å². The topological polar surface area (TPSA) is 118 Å². The van der Waals surface area contributed by atoms with Crippen molar-refractivity contribution < 1.29 is 23.1 Å². The average molecular weight is 292 g/mol. The Hall–Kier alpha value is -1.15. The molecule has 1 rings (SSSR count). The molecule has 0 aromatic heterocycles. The van der Waals surface area contributed by atoms with Crippen molar-refractivity contribution >= 4 is 21.9 Å². The van der Waals surface area contributed by atoms with Crippen molar-refractivity contribution in [1.82, 2.24) is 4.31 Å². The molecule has 8 heteroatoms. The van der Waals surface area contributed by atoms with Gasteiger partial charge >= 0.3 is 5.97 Å². The lowest BCUT2D eigenvalue weighted by Crippen LogP contribution is -2.40. The fraction of sp³-hybridized carbons (Fsp3) is 0.818. The third-order valence-corrected chi connectivity index (χ3v) is 5.21. The molecule has 0 saturated carbocycles. The van der Waals surface area contributed by atoms with Gasteiger partial charge in [-0.2, -0.15) is 0 Å². The molecule has 110 valence electrons. The molecule has 1 fully saturated rings. The van der Waals surface area contributed by atoms with Gasteiger partial charge in [-0.15, -0.1) is 0 Å². The number of hydrogen-bond acceptors (Lipinski definition) is 4. The van der Waals surface area contributed by atoms with Gasteiger partial charge in [0.15, 0.2) is 0 Å². The van der Waals surface area contributed by atoms with Gasteiger partial charge in [0.25, 0.3) is 0 Å². The van der Waals surface area contributed by atoms with Crippen LogP contribution in [-0.4, -0.2) is 48.5 Å². The quantitative estimate of drug-likeness (QED) is 0.672. The predicted octanol–water partition coefficient (Wildman–Crippen LogP) is -0.232. The van der Waals surface area contributed by atoms with Gasteiger partial charge in [0.1, 0.15) is 0 Å². The van der Waals surface area contributed by atoms with E-state index in [0.29, 0.717) is 32.4 Å². The third-order valence-electron chi connectivity index (χ3n) is 3.25. The molecule has 0 atom stereocenters. The van der Waals surface area contributed by atoms with Crippen molar-refractivity contribution in [2.45, 2.75) is 32.1 Å². The first-order valence-electron chi connectivity index (χ1n) is 6.29. The van der Waals surface area contributed by atoms with Crippen molar-refractivity contribution in [3.8, 4) is 0 Å². The molecule has 0 bridgehead atoms. The number of hydrogen-bond donors (Lipinski definition) is 2. The van der Waals surface area contributed by atoms with Gasteiger partial charge in [-0.3, -0.25) is 9.59 Å². The molecular formula is C11H20N2O5S. The number of nitrogens with two attached hydrogens (primary N) is 1. The Morgan fingerprint density at radius 2 is 1.84 bits per heavy atom. The van der Waals surface area contributed by atoms with Crippen molar-refractivity contribution in [2.75, 3.05) is 18.8 Å². The van der Waals surface area contributed by atoms with Gasteiger partial charge in [-0.1, -0.05) is 0 Å². The van der Waals surface area contributed by atoms with Crippen molar-refractivity contribution in [2.24, 2.45) is 11.7 Å². The molecule has 0 radical (unpaired) electrons. The van der Waals surface area contributed by atoms with Gasteiger partial charge < -0.3 is 10.8 Å². The zero-order valence-electron chi connectivity index (χ0n) is 10.7. The van der Waals surface area contributed by atoms with Crippen LogP contribution in [0.1, 0.15) is 32.1 Å². The maximum Gasteiger partial charge on any atom is 0.303 e. The number of carbonyl (C=O) groups is 2. The summed E-state index contributed by atoms with van der Waals surface area (Å²) in [6.45, 7) is 0.765. The second-order valence-corrected chi connectivity index (χ2v) is 6.91. The molecule has 7 nitrogen and oxygen atoms in total. The Morgan fingerprint density at radius 3 is 2.32 bits per heavy atom. The monoisotopic (exact) mass is 292 g/mol. The molecule has 1 heterocycles. The number of rotatable bonds is 7. The minimum atomic E-state index is -3.38. The molecule has 0 aromatic rings. The Bertz CT molecular complexity index is 426. The Kier molecular flexibility index (Phi) is 5.74. The molecule has 1 amide bonds. The lowest BCUT2D eigenvalue weighted by Gasteiger charge is -2.30. The Morgan fingerprint density at radius 1 is 1.26 bits per heavy atom. The Labute approximate surface area is 112 Å². The van der Waals surface area contributed by atoms with E-state index in [0.717, 1.165) is 0 Å². The third kappa shape index (κ3) is 5.56. The van der Waals surface area contributed by atoms with E-state index in [4.69, 9.17) is 10.8 Å². The standard InChI is InChI=1S/C11H20N2O5S/c12-10(14)8-9-3-5-13(6-4-9)19(17,18)7-1-2-11(15)16/h9H,1-8H2,(H2,12,14)(H,15,16). The zero-order chi connectivity index (χ0) is 14.5. The lowest BCUT2D eigenvalue weighted by molar-refractivity contribution is -0.137. The minimum Gasteiger partial charge on any atom is -0.481 e. The van der Waals surface area contributed by atoms with Crippen LogP contribution in [0.15, 0.2) is 0 Å². The fourth-order valence-electron chi connectivity index (χ4n) is 2.21. The number of carboxylic acid groups (broad SMARTS) is 1. The van der Waals surface area contributed by atoms with Crippen LogP contribution in [0.25, 0.3) is 0 Å². The largest absolute Gasteiger partial charge is 0.481 e. The van der Waals surface area contributed by atoms with Gasteiger partial charge in [-0.05, 0) is 25.2 Å². The number of carboxylic acids is 1. The van der Waals surface area contributed by atoms with E-state index >= 15 is 0 Å². The summed E-state index contributed by atoms with van der Waals surface area (Å²) < 4.78 is 25.3. The van der Waals surface area contributed by atoms with Crippen LogP contribution >= 0.6 is 0 Å². The summed E-state index contributed by atoms with van der Waals surface area (Å²) in [5, 5.41) is 8.49. The van der Waals surface area contributed by atoms with Crippen LogP contribution in [0.3, 0.4) is 0 Å². The minimum absolute atomic E-state index is 0.124. The van der Waals surface area contributed by atoms with Gasteiger partial charge in [0.05, 0.1) is 5.75 Å². The van der Waals surface area contributed by atoms with E-state index in [1.165, 1.54) is 4.31 Å². The zero-order valence-corrected chi connectivity index (χ0v) is 11.6. The smallest absolute Gasteiger partial charge is 0.303 e. The van der Waals surface area contributed by atoms with Crippen molar-refractivity contribution in [3.63, 3.8) is 0 Å². The maximum atomic E-state index is 11.9. The lowest BCUT2D eigenvalue weighted by atomic mass is 9.94. The SMILES string of the molecule is NC(=O)CC1CCN(S(=O)(=O)CCCC(=O)O)CC1. The van der Waals surface area contributed by atoms with Crippen LogP contribution < -0.4 is 5.73 Å². The van der Waals surface area contributed by atoms with Gasteiger partial charge in [0.2, 0.25) is 15.9 Å². The summed E-state index contributed by atoms with van der Waals surface area (Å²) >= 11 is 0. The summed E-state index contributed by atoms with van der Waals surface area (Å²) in [7, 11) is -3.38. The average Bonchev–Trinajstić information content (AvgIpc) is 2.28. The normalized spacial score (nSPS) is 18.3.